The Morgan fingerprint density at radius 2 is 1.52 bits per heavy atom. The maximum absolute atomic E-state index is 5.83. The van der Waals surface area contributed by atoms with Crippen molar-refractivity contribution in [1.29, 1.82) is 0 Å². The third-order valence-corrected chi connectivity index (χ3v) is 3.29. The average Bonchev–Trinajstić information content (AvgIpc) is 2.51. The summed E-state index contributed by atoms with van der Waals surface area (Å²) in [6.45, 7) is 2.31. The summed E-state index contributed by atoms with van der Waals surface area (Å²) in [4.78, 5) is 0. The molecule has 0 aliphatic rings. The first-order valence-corrected chi connectivity index (χ1v) is 7.40. The molecule has 21 heavy (non-hydrogen) atoms. The van der Waals surface area contributed by atoms with Gasteiger partial charge in [-0.3, -0.25) is 0 Å². The van der Waals surface area contributed by atoms with Gasteiger partial charge in [-0.15, -0.1) is 0 Å². The lowest BCUT2D eigenvalue weighted by Gasteiger charge is -2.08. The highest BCUT2D eigenvalue weighted by molar-refractivity contribution is 6.30. The van der Waals surface area contributed by atoms with Crippen molar-refractivity contribution in [3.63, 3.8) is 0 Å². The second-order valence-corrected chi connectivity index (χ2v) is 5.15. The van der Waals surface area contributed by atoms with E-state index in [1.807, 2.05) is 48.5 Å². The largest absolute Gasteiger partial charge is 0.491 e. The first-order chi connectivity index (χ1) is 10.3. The minimum Gasteiger partial charge on any atom is -0.491 e. The van der Waals surface area contributed by atoms with Crippen molar-refractivity contribution < 1.29 is 9.47 Å². The molecule has 0 radical (unpaired) electrons. The van der Waals surface area contributed by atoms with Gasteiger partial charge in [-0.25, -0.2) is 0 Å². The lowest BCUT2D eigenvalue weighted by Crippen LogP contribution is -2.07. The molecule has 2 N–H and O–H groups in total. The zero-order chi connectivity index (χ0) is 14.9. The molecule has 0 bridgehead atoms. The zero-order valence-electron chi connectivity index (χ0n) is 11.9. The summed E-state index contributed by atoms with van der Waals surface area (Å²) >= 11 is 5.83. The number of ether oxygens (including phenoxy) is 2. The van der Waals surface area contributed by atoms with Crippen LogP contribution in [0.5, 0.6) is 5.75 Å². The van der Waals surface area contributed by atoms with Gasteiger partial charge < -0.3 is 15.2 Å². The van der Waals surface area contributed by atoms with Crippen molar-refractivity contribution >= 4 is 11.6 Å². The number of rotatable bonds is 8. The predicted octanol–water partition coefficient (Wildman–Crippen LogP) is 3.44. The average molecular weight is 306 g/mol. The molecule has 0 aliphatic carbocycles. The second-order valence-electron chi connectivity index (χ2n) is 4.71. The molecule has 3 nitrogen and oxygen atoms in total. The van der Waals surface area contributed by atoms with Gasteiger partial charge in [0.25, 0.3) is 0 Å². The standard InChI is InChI=1S/C17H20ClNO2/c18-16-5-1-15(2-6-16)13-20-11-12-21-17-7-3-14(4-8-17)9-10-19/h1-8H,9-13,19H2. The molecule has 4 heteroatoms. The van der Waals surface area contributed by atoms with Gasteiger partial charge in [-0.2, -0.15) is 0 Å². The fraction of sp³-hybridized carbons (Fsp3) is 0.294. The Morgan fingerprint density at radius 1 is 0.857 bits per heavy atom. The number of halogens is 1. The van der Waals surface area contributed by atoms with E-state index in [2.05, 4.69) is 0 Å². The summed E-state index contributed by atoms with van der Waals surface area (Å²) in [5.41, 5.74) is 7.84. The first-order valence-electron chi connectivity index (χ1n) is 7.02. The summed E-state index contributed by atoms with van der Waals surface area (Å²) in [7, 11) is 0. The van der Waals surface area contributed by atoms with Crippen LogP contribution in [-0.2, 0) is 17.8 Å². The molecule has 0 saturated heterocycles. The summed E-state index contributed by atoms with van der Waals surface area (Å²) in [5, 5.41) is 0.736. The van der Waals surface area contributed by atoms with Crippen LogP contribution in [0.1, 0.15) is 11.1 Å². The quantitative estimate of drug-likeness (QED) is 0.760. The van der Waals surface area contributed by atoms with Gasteiger partial charge in [0.1, 0.15) is 12.4 Å². The normalized spacial score (nSPS) is 10.6. The van der Waals surface area contributed by atoms with Gasteiger partial charge in [0.05, 0.1) is 13.2 Å². The van der Waals surface area contributed by atoms with E-state index in [9.17, 15) is 0 Å². The van der Waals surface area contributed by atoms with E-state index < -0.39 is 0 Å². The summed E-state index contributed by atoms with van der Waals surface area (Å²) in [6.07, 6.45) is 0.893. The lowest BCUT2D eigenvalue weighted by atomic mass is 10.1. The minimum atomic E-state index is 0.532. The Hall–Kier alpha value is -1.55. The van der Waals surface area contributed by atoms with Crippen molar-refractivity contribution in [2.75, 3.05) is 19.8 Å². The minimum absolute atomic E-state index is 0.532. The Labute approximate surface area is 130 Å². The van der Waals surface area contributed by atoms with E-state index in [4.69, 9.17) is 26.8 Å². The Kier molecular flexibility index (Phi) is 6.54. The molecule has 0 heterocycles. The topological polar surface area (TPSA) is 44.5 Å². The van der Waals surface area contributed by atoms with Gasteiger partial charge in [0.15, 0.2) is 0 Å². The van der Waals surface area contributed by atoms with Crippen LogP contribution in [0.4, 0.5) is 0 Å². The highest BCUT2D eigenvalue weighted by Crippen LogP contribution is 2.13. The van der Waals surface area contributed by atoms with Crippen molar-refractivity contribution in [2.24, 2.45) is 5.73 Å². The van der Waals surface area contributed by atoms with Crippen LogP contribution in [0, 0.1) is 0 Å². The molecule has 2 aromatic rings. The van der Waals surface area contributed by atoms with E-state index in [0.717, 1.165) is 22.8 Å². The second kappa shape index (κ2) is 8.67. The fourth-order valence-electron chi connectivity index (χ4n) is 1.91. The van der Waals surface area contributed by atoms with E-state index in [1.165, 1.54) is 5.56 Å². The van der Waals surface area contributed by atoms with Crippen LogP contribution in [0.25, 0.3) is 0 Å². The van der Waals surface area contributed by atoms with Crippen molar-refractivity contribution in [1.82, 2.24) is 0 Å². The number of hydrogen-bond donors (Lipinski definition) is 1. The predicted molar refractivity (Wildman–Crippen MR) is 85.8 cm³/mol. The Bertz CT molecular complexity index is 525. The molecule has 0 unspecified atom stereocenters. The molecule has 0 fully saturated rings. The highest BCUT2D eigenvalue weighted by atomic mass is 35.5. The monoisotopic (exact) mass is 305 g/mol. The zero-order valence-corrected chi connectivity index (χ0v) is 12.7. The molecule has 0 aromatic heterocycles. The smallest absolute Gasteiger partial charge is 0.119 e. The third kappa shape index (κ3) is 5.76. The van der Waals surface area contributed by atoms with E-state index in [1.54, 1.807) is 0 Å². The summed E-state index contributed by atoms with van der Waals surface area (Å²) in [5.74, 6) is 0.853. The van der Waals surface area contributed by atoms with E-state index in [0.29, 0.717) is 26.4 Å². The van der Waals surface area contributed by atoms with Gasteiger partial charge in [0.2, 0.25) is 0 Å². The van der Waals surface area contributed by atoms with Crippen molar-refractivity contribution in [3.8, 4) is 5.75 Å². The highest BCUT2D eigenvalue weighted by Gasteiger charge is 1.97. The first kappa shape index (κ1) is 15.8. The molecule has 0 atom stereocenters. The number of nitrogens with two attached hydrogens (primary N) is 1. The maximum atomic E-state index is 5.83. The number of benzene rings is 2. The Morgan fingerprint density at radius 3 is 2.19 bits per heavy atom. The van der Waals surface area contributed by atoms with Gasteiger partial charge in [-0.05, 0) is 48.4 Å². The maximum Gasteiger partial charge on any atom is 0.119 e. The molecule has 0 saturated carbocycles. The van der Waals surface area contributed by atoms with Crippen LogP contribution in [0.15, 0.2) is 48.5 Å². The SMILES string of the molecule is NCCc1ccc(OCCOCc2ccc(Cl)cc2)cc1. The van der Waals surface area contributed by atoms with Gasteiger partial charge in [-0.1, -0.05) is 35.9 Å². The van der Waals surface area contributed by atoms with Crippen LogP contribution in [0.3, 0.4) is 0 Å². The van der Waals surface area contributed by atoms with Crippen LogP contribution in [-0.4, -0.2) is 19.8 Å². The molecular formula is C17H20ClNO2. The molecule has 0 spiro atoms. The van der Waals surface area contributed by atoms with E-state index in [-0.39, 0.29) is 0 Å². The third-order valence-electron chi connectivity index (χ3n) is 3.03. The molecule has 2 rings (SSSR count). The van der Waals surface area contributed by atoms with Crippen LogP contribution in [0.2, 0.25) is 5.02 Å². The molecule has 0 amide bonds. The van der Waals surface area contributed by atoms with E-state index >= 15 is 0 Å². The summed E-state index contributed by atoms with van der Waals surface area (Å²) in [6, 6.07) is 15.6. The molecule has 0 aliphatic heterocycles. The van der Waals surface area contributed by atoms with Crippen LogP contribution < -0.4 is 10.5 Å². The van der Waals surface area contributed by atoms with Crippen molar-refractivity contribution in [3.05, 3.63) is 64.7 Å². The van der Waals surface area contributed by atoms with Gasteiger partial charge >= 0.3 is 0 Å². The Balaban J connectivity index is 1.64. The molecule has 112 valence electrons. The van der Waals surface area contributed by atoms with Crippen LogP contribution >= 0.6 is 11.6 Å². The lowest BCUT2D eigenvalue weighted by molar-refractivity contribution is 0.0889. The molecular weight excluding hydrogens is 286 g/mol. The molecule has 2 aromatic carbocycles. The van der Waals surface area contributed by atoms with Crippen molar-refractivity contribution in [2.45, 2.75) is 13.0 Å². The fourth-order valence-corrected chi connectivity index (χ4v) is 2.03. The van der Waals surface area contributed by atoms with Gasteiger partial charge in [0, 0.05) is 5.02 Å². The summed E-state index contributed by atoms with van der Waals surface area (Å²) < 4.78 is 11.2. The number of hydrogen-bond acceptors (Lipinski definition) is 3.